The third kappa shape index (κ3) is 5.16. The average molecular weight is 451 g/mol. The van der Waals surface area contributed by atoms with Crippen molar-refractivity contribution in [2.24, 2.45) is 0 Å². The van der Waals surface area contributed by atoms with Crippen molar-refractivity contribution < 1.29 is 40.3 Å². The summed E-state index contributed by atoms with van der Waals surface area (Å²) in [5.41, 5.74) is -1.04. The molecular formula is C17H19F3N4O5S. The molecule has 0 aliphatic carbocycles. The van der Waals surface area contributed by atoms with Gasteiger partial charge in [0.25, 0.3) is 0 Å². The lowest BCUT2D eigenvalue weighted by molar-refractivity contribution is -0.142. The van der Waals surface area contributed by atoms with E-state index in [1.807, 2.05) is 0 Å². The number of nitrogens with zero attached hydrogens (tertiary/aromatic N) is 2. The maximum Gasteiger partial charge on any atom is 0.423 e. The van der Waals surface area contributed by atoms with Gasteiger partial charge in [-0.2, -0.15) is 18.2 Å². The molecule has 1 saturated heterocycles. The van der Waals surface area contributed by atoms with E-state index in [2.05, 4.69) is 15.3 Å². The van der Waals surface area contributed by atoms with Gasteiger partial charge in [-0.1, -0.05) is 0 Å². The fourth-order valence-corrected chi connectivity index (χ4v) is 3.18. The Morgan fingerprint density at radius 1 is 1.33 bits per heavy atom. The summed E-state index contributed by atoms with van der Waals surface area (Å²) < 4.78 is 97.1. The monoisotopic (exact) mass is 451 g/mol. The van der Waals surface area contributed by atoms with Gasteiger partial charge in [-0.25, -0.2) is 18.1 Å². The normalized spacial score (nSPS) is 21.9. The minimum Gasteiger partial charge on any atom is -0.469 e. The first-order valence-corrected chi connectivity index (χ1v) is 10.0. The first kappa shape index (κ1) is 18.3. The molecule has 0 saturated carbocycles. The number of aliphatic hydroxyl groups is 1. The summed E-state index contributed by atoms with van der Waals surface area (Å²) in [4.78, 5) is 7.02. The Bertz CT molecular complexity index is 1080. The predicted octanol–water partition coefficient (Wildman–Crippen LogP) is 1.68. The molecule has 0 bridgehead atoms. The van der Waals surface area contributed by atoms with Crippen LogP contribution in [-0.2, 0) is 20.9 Å². The molecule has 3 rings (SSSR count). The Kier molecular flexibility index (Phi) is 5.32. The van der Waals surface area contributed by atoms with Gasteiger partial charge in [-0.05, 0) is 31.2 Å². The zero-order chi connectivity index (χ0) is 24.4. The summed E-state index contributed by atoms with van der Waals surface area (Å²) in [6.45, 7) is -2.79. The third-order valence-electron chi connectivity index (χ3n) is 4.15. The molecule has 0 spiro atoms. The minimum absolute atomic E-state index is 0.120. The molecular weight excluding hydrogens is 429 g/mol. The zero-order valence-electron chi connectivity index (χ0n) is 18.2. The van der Waals surface area contributed by atoms with Gasteiger partial charge in [-0.15, -0.1) is 0 Å². The molecule has 30 heavy (non-hydrogen) atoms. The van der Waals surface area contributed by atoms with Gasteiger partial charge < -0.3 is 19.9 Å². The van der Waals surface area contributed by atoms with E-state index in [4.69, 9.17) is 13.6 Å². The van der Waals surface area contributed by atoms with Crippen LogP contribution in [0.3, 0.4) is 0 Å². The zero-order valence-corrected chi connectivity index (χ0v) is 16.0. The number of aliphatic hydroxyl groups excluding tert-OH is 1. The van der Waals surface area contributed by atoms with Crippen LogP contribution >= 0.6 is 0 Å². The molecule has 2 aromatic rings. The molecule has 0 radical (unpaired) electrons. The van der Waals surface area contributed by atoms with E-state index in [0.717, 1.165) is 12.1 Å². The molecule has 2 heterocycles. The molecule has 13 heteroatoms. The minimum atomic E-state index is -4.82. The lowest BCUT2D eigenvalue weighted by Crippen LogP contribution is -2.41. The number of ether oxygens (including phenoxy) is 2. The van der Waals surface area contributed by atoms with Gasteiger partial charge in [0.2, 0.25) is 21.9 Å². The summed E-state index contributed by atoms with van der Waals surface area (Å²) in [6, 6.07) is 4.67. The molecule has 2 atom stereocenters. The highest BCUT2D eigenvalue weighted by molar-refractivity contribution is 7.89. The number of sulfonamides is 1. The number of rotatable bonds is 6. The van der Waals surface area contributed by atoms with Gasteiger partial charge in [-0.3, -0.25) is 0 Å². The molecule has 1 aromatic heterocycles. The predicted molar refractivity (Wildman–Crippen MR) is 98.9 cm³/mol. The molecule has 1 aliphatic rings. The van der Waals surface area contributed by atoms with Crippen molar-refractivity contribution in [2.75, 3.05) is 25.5 Å². The second-order valence-corrected chi connectivity index (χ2v) is 7.93. The Labute approximate surface area is 174 Å². The van der Waals surface area contributed by atoms with Crippen molar-refractivity contribution in [3.63, 3.8) is 0 Å². The van der Waals surface area contributed by atoms with Crippen LogP contribution in [0.5, 0.6) is 5.88 Å². The largest absolute Gasteiger partial charge is 0.469 e. The Morgan fingerprint density at radius 3 is 2.70 bits per heavy atom. The van der Waals surface area contributed by atoms with Crippen molar-refractivity contribution in [3.8, 4) is 5.88 Å². The molecule has 0 amide bonds. The SMILES string of the molecule is [2H]C([2H])([2H])NS(=O)(=O)c1ccc(Nc2ncc(C(F)(F)F)c(O[C@@H]3COCC[C@@H]3O)n2)cc1. The number of alkyl halides is 3. The number of benzene rings is 1. The number of hydrogen-bond donors (Lipinski definition) is 3. The first-order chi connectivity index (χ1) is 15.2. The van der Waals surface area contributed by atoms with E-state index in [1.165, 1.54) is 16.9 Å². The molecule has 3 N–H and O–H groups in total. The highest BCUT2D eigenvalue weighted by atomic mass is 32.2. The maximum atomic E-state index is 13.4. The van der Waals surface area contributed by atoms with E-state index in [1.54, 1.807) is 0 Å². The maximum absolute atomic E-state index is 13.4. The van der Waals surface area contributed by atoms with Crippen LogP contribution < -0.4 is 14.8 Å². The lowest BCUT2D eigenvalue weighted by atomic mass is 10.1. The van der Waals surface area contributed by atoms with Crippen molar-refractivity contribution in [1.82, 2.24) is 14.7 Å². The fourth-order valence-electron chi connectivity index (χ4n) is 2.57. The van der Waals surface area contributed by atoms with Crippen molar-refractivity contribution >= 4 is 21.7 Å². The molecule has 164 valence electrons. The van der Waals surface area contributed by atoms with E-state index >= 15 is 0 Å². The van der Waals surface area contributed by atoms with Crippen molar-refractivity contribution in [1.29, 1.82) is 0 Å². The Hall–Kier alpha value is -2.48. The van der Waals surface area contributed by atoms with Gasteiger partial charge >= 0.3 is 6.18 Å². The highest BCUT2D eigenvalue weighted by Gasteiger charge is 2.38. The average Bonchev–Trinajstić information content (AvgIpc) is 2.68. The first-order valence-electron chi connectivity index (χ1n) is 10.0. The Balaban J connectivity index is 1.82. The van der Waals surface area contributed by atoms with Crippen molar-refractivity contribution in [2.45, 2.75) is 29.7 Å². The number of nitrogens with one attached hydrogen (secondary N) is 2. The molecule has 9 nitrogen and oxygen atoms in total. The summed E-state index contributed by atoms with van der Waals surface area (Å²) >= 11 is 0. The summed E-state index contributed by atoms with van der Waals surface area (Å²) in [5, 5.41) is 12.6. The molecule has 1 fully saturated rings. The van der Waals surface area contributed by atoms with E-state index in [0.29, 0.717) is 6.20 Å². The van der Waals surface area contributed by atoms with Gasteiger partial charge in [0.1, 0.15) is 11.7 Å². The number of halogens is 3. The smallest absolute Gasteiger partial charge is 0.423 e. The van der Waals surface area contributed by atoms with Crippen LogP contribution in [0.15, 0.2) is 35.4 Å². The quantitative estimate of drug-likeness (QED) is 0.606. The number of aromatic nitrogens is 2. The standard InChI is InChI=1S/C17H19F3N4O5S/c1-21-30(26,27)11-4-2-10(3-5-11)23-16-22-8-12(17(18,19)20)15(24-16)29-14-9-28-7-6-13(14)25/h2-5,8,13-14,21,25H,6-7,9H2,1H3,(H,22,23,24)/t13-,14+/m0/s1/i1D3. The molecule has 1 aliphatic heterocycles. The van der Waals surface area contributed by atoms with Crippen LogP contribution in [-0.4, -0.2) is 55.9 Å². The van der Waals surface area contributed by atoms with E-state index in [-0.39, 0.29) is 36.2 Å². The van der Waals surface area contributed by atoms with Crippen LogP contribution in [0.1, 0.15) is 16.1 Å². The third-order valence-corrected chi connectivity index (χ3v) is 5.31. The van der Waals surface area contributed by atoms with Crippen LogP contribution in [0.2, 0.25) is 0 Å². The summed E-state index contributed by atoms with van der Waals surface area (Å²) in [5.74, 6) is -1.10. The topological polar surface area (TPSA) is 123 Å². The molecule has 0 unspecified atom stereocenters. The number of hydrogen-bond acceptors (Lipinski definition) is 8. The van der Waals surface area contributed by atoms with Crippen LogP contribution in [0.4, 0.5) is 24.8 Å². The lowest BCUT2D eigenvalue weighted by Gasteiger charge is -2.28. The number of anilines is 2. The van der Waals surface area contributed by atoms with Gasteiger partial charge in [0.15, 0.2) is 0 Å². The fraction of sp³-hybridized carbons (Fsp3) is 0.412. The van der Waals surface area contributed by atoms with E-state index < -0.39 is 46.8 Å². The Morgan fingerprint density at radius 2 is 2.07 bits per heavy atom. The second kappa shape index (κ2) is 8.71. The summed E-state index contributed by atoms with van der Waals surface area (Å²) in [7, 11) is -4.31. The highest BCUT2D eigenvalue weighted by Crippen LogP contribution is 2.36. The van der Waals surface area contributed by atoms with Crippen molar-refractivity contribution in [3.05, 3.63) is 36.0 Å². The van der Waals surface area contributed by atoms with Crippen LogP contribution in [0, 0.1) is 0 Å². The second-order valence-electron chi connectivity index (χ2n) is 6.25. The van der Waals surface area contributed by atoms with Gasteiger partial charge in [0, 0.05) is 29.0 Å². The molecule has 1 aromatic carbocycles. The van der Waals surface area contributed by atoms with Crippen LogP contribution in [0.25, 0.3) is 0 Å². The van der Waals surface area contributed by atoms with Gasteiger partial charge in [0.05, 0.1) is 17.6 Å². The van der Waals surface area contributed by atoms with E-state index in [9.17, 15) is 26.7 Å². The summed E-state index contributed by atoms with van der Waals surface area (Å²) in [6.07, 6.45) is -6.21.